The third-order valence-electron chi connectivity index (χ3n) is 12.0. The highest BCUT2D eigenvalue weighted by molar-refractivity contribution is 5.33. The van der Waals surface area contributed by atoms with Crippen LogP contribution in [0.2, 0.25) is 0 Å². The van der Waals surface area contributed by atoms with Gasteiger partial charge < -0.3 is 5.11 Å². The molecule has 8 atom stereocenters. The molecule has 4 aliphatic carbocycles. The molecule has 0 amide bonds. The van der Waals surface area contributed by atoms with E-state index in [9.17, 15) is 5.11 Å². The maximum absolute atomic E-state index is 10.8. The van der Waals surface area contributed by atoms with Gasteiger partial charge in [-0.3, -0.25) is 0 Å². The first kappa shape index (κ1) is 23.8. The van der Waals surface area contributed by atoms with Crippen LogP contribution in [-0.2, 0) is 0 Å². The second-order valence-electron chi connectivity index (χ2n) is 14.1. The van der Waals surface area contributed by atoms with Gasteiger partial charge in [-0.1, -0.05) is 86.3 Å². The lowest BCUT2D eigenvalue weighted by molar-refractivity contribution is -0.131. The summed E-state index contributed by atoms with van der Waals surface area (Å²) in [5.41, 5.74) is 3.13. The monoisotopic (exact) mass is 428 g/mol. The third-order valence-corrected chi connectivity index (χ3v) is 12.0. The van der Waals surface area contributed by atoms with E-state index in [4.69, 9.17) is 0 Å². The van der Waals surface area contributed by atoms with Gasteiger partial charge in [0.25, 0.3) is 0 Å². The zero-order chi connectivity index (χ0) is 22.8. The lowest BCUT2D eigenvalue weighted by atomic mass is 9.41. The predicted molar refractivity (Wildman–Crippen MR) is 133 cm³/mol. The largest absolute Gasteiger partial charge is 0.393 e. The second kappa shape index (κ2) is 7.89. The van der Waals surface area contributed by atoms with Gasteiger partial charge in [0.05, 0.1) is 6.10 Å². The Bertz CT molecular complexity index is 703. The maximum atomic E-state index is 10.8. The molecule has 31 heavy (non-hydrogen) atoms. The summed E-state index contributed by atoms with van der Waals surface area (Å²) in [4.78, 5) is 0. The number of fused-ring (bicyclic) bond motifs is 5. The fourth-order valence-electron chi connectivity index (χ4n) is 9.70. The molecule has 0 radical (unpaired) electrons. The Hall–Kier alpha value is -0.300. The molecular weight excluding hydrogens is 376 g/mol. The minimum atomic E-state index is -0.132. The van der Waals surface area contributed by atoms with Crippen molar-refractivity contribution in [1.29, 1.82) is 0 Å². The van der Waals surface area contributed by atoms with Crippen LogP contribution in [0.25, 0.3) is 0 Å². The second-order valence-corrected chi connectivity index (χ2v) is 14.1. The Morgan fingerprint density at radius 1 is 0.935 bits per heavy atom. The van der Waals surface area contributed by atoms with Gasteiger partial charge in [-0.25, -0.2) is 0 Å². The summed E-state index contributed by atoms with van der Waals surface area (Å²) in [7, 11) is 0. The van der Waals surface area contributed by atoms with E-state index in [2.05, 4.69) is 61.5 Å². The normalized spacial score (nSPS) is 47.4. The SMILES string of the molecule is CC(C)CCC[C@H](C)[C@@H]1CC[C@]2(C)C3=CC[C@H]4C(C)(C)[C@@H](O)CC[C@]4(C)[C@@H]3CC[C@@]12C. The van der Waals surface area contributed by atoms with Crippen molar-refractivity contribution in [1.82, 2.24) is 0 Å². The van der Waals surface area contributed by atoms with Crippen LogP contribution in [0.4, 0.5) is 0 Å². The number of hydrogen-bond donors (Lipinski definition) is 1. The van der Waals surface area contributed by atoms with E-state index in [1.807, 2.05) is 5.57 Å². The van der Waals surface area contributed by atoms with E-state index in [0.29, 0.717) is 22.2 Å². The Kier molecular flexibility index (Phi) is 6.07. The molecule has 1 heteroatoms. The van der Waals surface area contributed by atoms with Crippen molar-refractivity contribution in [2.45, 2.75) is 126 Å². The van der Waals surface area contributed by atoms with E-state index in [1.165, 1.54) is 57.8 Å². The van der Waals surface area contributed by atoms with Crippen molar-refractivity contribution >= 4 is 0 Å². The van der Waals surface area contributed by atoms with E-state index >= 15 is 0 Å². The van der Waals surface area contributed by atoms with Crippen LogP contribution in [0.1, 0.15) is 120 Å². The lowest BCUT2D eigenvalue weighted by Gasteiger charge is -2.64. The molecule has 4 aliphatic rings. The van der Waals surface area contributed by atoms with E-state index in [-0.39, 0.29) is 11.5 Å². The molecule has 3 fully saturated rings. The van der Waals surface area contributed by atoms with Crippen LogP contribution >= 0.6 is 0 Å². The quantitative estimate of drug-likeness (QED) is 0.436. The van der Waals surface area contributed by atoms with Crippen LogP contribution in [0, 0.1) is 51.2 Å². The Morgan fingerprint density at radius 2 is 1.65 bits per heavy atom. The molecule has 3 saturated carbocycles. The van der Waals surface area contributed by atoms with Crippen LogP contribution < -0.4 is 0 Å². The topological polar surface area (TPSA) is 20.2 Å². The van der Waals surface area contributed by atoms with Crippen LogP contribution in [0.15, 0.2) is 11.6 Å². The standard InChI is InChI=1S/C30H52O/c1-20(2)10-9-11-21(3)22-14-18-30(8)24-12-13-25-27(4,5)26(31)16-17-28(25,6)23(24)15-19-29(22,30)7/h12,20-23,25-26,31H,9-11,13-19H2,1-8H3/t21-,22-,23+,25-,26-,28+,29-,30+/m0/s1. The van der Waals surface area contributed by atoms with Crippen molar-refractivity contribution in [3.05, 3.63) is 11.6 Å². The lowest BCUT2D eigenvalue weighted by Crippen LogP contribution is -2.58. The van der Waals surface area contributed by atoms with Crippen LogP contribution in [0.3, 0.4) is 0 Å². The average Bonchev–Trinajstić information content (AvgIpc) is 2.96. The van der Waals surface area contributed by atoms with E-state index in [0.717, 1.165) is 30.1 Å². The summed E-state index contributed by atoms with van der Waals surface area (Å²) in [6, 6.07) is 0. The highest BCUT2D eigenvalue weighted by Gasteiger charge is 2.65. The predicted octanol–water partition coefficient (Wildman–Crippen LogP) is 8.41. The number of rotatable bonds is 5. The molecule has 0 unspecified atom stereocenters. The molecule has 0 spiro atoms. The van der Waals surface area contributed by atoms with Gasteiger partial charge in [-0.2, -0.15) is 0 Å². The first-order valence-electron chi connectivity index (χ1n) is 13.8. The molecule has 0 aromatic heterocycles. The first-order valence-corrected chi connectivity index (χ1v) is 13.8. The van der Waals surface area contributed by atoms with Crippen molar-refractivity contribution in [2.75, 3.05) is 0 Å². The number of allylic oxidation sites excluding steroid dienone is 2. The summed E-state index contributed by atoms with van der Waals surface area (Å²) >= 11 is 0. The van der Waals surface area contributed by atoms with E-state index < -0.39 is 0 Å². The summed E-state index contributed by atoms with van der Waals surface area (Å²) in [5, 5.41) is 10.8. The first-order chi connectivity index (χ1) is 14.4. The molecular formula is C30H52O. The molecule has 1 nitrogen and oxygen atoms in total. The van der Waals surface area contributed by atoms with Gasteiger partial charge in [0, 0.05) is 0 Å². The molecule has 4 rings (SSSR count). The summed E-state index contributed by atoms with van der Waals surface area (Å²) < 4.78 is 0. The highest BCUT2D eigenvalue weighted by Crippen LogP contribution is 2.73. The molecule has 178 valence electrons. The Labute approximate surface area is 193 Å². The fraction of sp³-hybridized carbons (Fsp3) is 0.933. The van der Waals surface area contributed by atoms with Gasteiger partial charge in [-0.15, -0.1) is 0 Å². The van der Waals surface area contributed by atoms with Gasteiger partial charge in [0.2, 0.25) is 0 Å². The zero-order valence-corrected chi connectivity index (χ0v) is 22.1. The number of aliphatic hydroxyl groups is 1. The average molecular weight is 429 g/mol. The number of hydrogen-bond acceptors (Lipinski definition) is 1. The van der Waals surface area contributed by atoms with Crippen molar-refractivity contribution in [3.8, 4) is 0 Å². The van der Waals surface area contributed by atoms with Crippen molar-refractivity contribution in [3.63, 3.8) is 0 Å². The van der Waals surface area contributed by atoms with Gasteiger partial charge >= 0.3 is 0 Å². The minimum absolute atomic E-state index is 0.0415. The molecule has 0 bridgehead atoms. The van der Waals surface area contributed by atoms with Crippen LogP contribution in [-0.4, -0.2) is 11.2 Å². The smallest absolute Gasteiger partial charge is 0.0594 e. The molecule has 0 aromatic rings. The number of aliphatic hydroxyl groups excluding tert-OH is 1. The zero-order valence-electron chi connectivity index (χ0n) is 22.1. The van der Waals surface area contributed by atoms with Crippen molar-refractivity contribution in [2.24, 2.45) is 51.2 Å². The molecule has 0 aromatic carbocycles. The minimum Gasteiger partial charge on any atom is -0.393 e. The van der Waals surface area contributed by atoms with E-state index in [1.54, 1.807) is 0 Å². The van der Waals surface area contributed by atoms with Gasteiger partial charge in [-0.05, 0) is 96.2 Å². The Balaban J connectivity index is 1.60. The highest BCUT2D eigenvalue weighted by atomic mass is 16.3. The van der Waals surface area contributed by atoms with Gasteiger partial charge in [0.15, 0.2) is 0 Å². The molecule has 0 heterocycles. The molecule has 0 saturated heterocycles. The summed E-state index contributed by atoms with van der Waals surface area (Å²) in [5.74, 6) is 3.95. The van der Waals surface area contributed by atoms with Crippen molar-refractivity contribution < 1.29 is 5.11 Å². The summed E-state index contributed by atoms with van der Waals surface area (Å²) in [6.45, 7) is 20.0. The maximum Gasteiger partial charge on any atom is 0.0594 e. The van der Waals surface area contributed by atoms with Gasteiger partial charge in [0.1, 0.15) is 0 Å². The van der Waals surface area contributed by atoms with Crippen LogP contribution in [0.5, 0.6) is 0 Å². The third kappa shape index (κ3) is 3.41. The molecule has 0 aliphatic heterocycles. The molecule has 1 N–H and O–H groups in total. The summed E-state index contributed by atoms with van der Waals surface area (Å²) in [6.07, 6.45) is 15.8. The Morgan fingerprint density at radius 3 is 2.32 bits per heavy atom. The fourth-order valence-corrected chi connectivity index (χ4v) is 9.70.